The lowest BCUT2D eigenvalue weighted by Crippen LogP contribution is -2.63. The number of carboxylic acid groups (broad SMARTS) is 1. The van der Waals surface area contributed by atoms with Crippen LogP contribution in [-0.4, -0.2) is 82.7 Å². The molecule has 2 fully saturated rings. The van der Waals surface area contributed by atoms with Gasteiger partial charge in [0.1, 0.15) is 0 Å². The van der Waals surface area contributed by atoms with Crippen LogP contribution in [0.4, 0.5) is 10.5 Å². The number of rotatable bonds is 11. The van der Waals surface area contributed by atoms with Crippen LogP contribution in [0.5, 0.6) is 0 Å². The first-order valence-corrected chi connectivity index (χ1v) is 14.8. The summed E-state index contributed by atoms with van der Waals surface area (Å²) in [6, 6.07) is 12.8. The van der Waals surface area contributed by atoms with E-state index < -0.39 is 40.5 Å². The van der Waals surface area contributed by atoms with E-state index in [1.807, 2.05) is 19.9 Å². The zero-order valence-corrected chi connectivity index (χ0v) is 23.2. The zero-order chi connectivity index (χ0) is 28.4. The van der Waals surface area contributed by atoms with Gasteiger partial charge in [0.25, 0.3) is 0 Å². The summed E-state index contributed by atoms with van der Waals surface area (Å²) in [6.45, 7) is 3.57. The van der Waals surface area contributed by atoms with Gasteiger partial charge in [0, 0.05) is 24.9 Å². The van der Waals surface area contributed by atoms with Crippen molar-refractivity contribution in [3.63, 3.8) is 0 Å². The van der Waals surface area contributed by atoms with Gasteiger partial charge in [0.2, 0.25) is 10.0 Å². The number of nitrogens with zero attached hydrogens (tertiary/aromatic N) is 2. The highest BCUT2D eigenvalue weighted by Gasteiger charge is 2.50. The molecule has 0 spiro atoms. The molecule has 2 aromatic rings. The van der Waals surface area contributed by atoms with Gasteiger partial charge in [-0.25, -0.2) is 13.2 Å². The normalized spacial score (nSPS) is 22.3. The van der Waals surface area contributed by atoms with Crippen LogP contribution in [0.2, 0.25) is 0 Å². The summed E-state index contributed by atoms with van der Waals surface area (Å²) in [6.07, 6.45) is 0.484. The largest absolute Gasteiger partial charge is 0.465 e. The zero-order valence-electron chi connectivity index (χ0n) is 22.4. The third-order valence-electron chi connectivity index (χ3n) is 7.68. The number of amides is 1. The summed E-state index contributed by atoms with van der Waals surface area (Å²) in [7, 11) is -4.16. The van der Waals surface area contributed by atoms with Gasteiger partial charge in [-0.15, -0.1) is 0 Å². The molecule has 39 heavy (non-hydrogen) atoms. The van der Waals surface area contributed by atoms with Gasteiger partial charge < -0.3 is 25.8 Å². The Labute approximate surface area is 230 Å². The summed E-state index contributed by atoms with van der Waals surface area (Å²) >= 11 is 0. The molecule has 2 aliphatic rings. The summed E-state index contributed by atoms with van der Waals surface area (Å²) in [5.41, 5.74) is 6.84. The van der Waals surface area contributed by atoms with Gasteiger partial charge in [-0.3, -0.25) is 4.90 Å². The lowest BCUT2D eigenvalue weighted by molar-refractivity contribution is -0.210. The SMILES string of the molecule is CC(C)CN(CC(O)(O)[C@H](Cc1ccccc1)N(C(=O)O)[C@@H]1C[C@@H]2CCO[C@@H]2C1)S(=O)(=O)c1ccc(N)cc1. The lowest BCUT2D eigenvalue weighted by Gasteiger charge is -2.43. The molecule has 0 bridgehead atoms. The van der Waals surface area contributed by atoms with E-state index in [1.165, 1.54) is 24.3 Å². The number of nitrogens with two attached hydrogens (primary N) is 1. The summed E-state index contributed by atoms with van der Waals surface area (Å²) in [5.74, 6) is -2.63. The fraction of sp³-hybridized carbons (Fsp3) is 0.536. The Morgan fingerprint density at radius 1 is 1.10 bits per heavy atom. The molecule has 10 nitrogen and oxygen atoms in total. The van der Waals surface area contributed by atoms with Crippen molar-refractivity contribution in [2.75, 3.05) is 25.4 Å². The van der Waals surface area contributed by atoms with Crippen molar-refractivity contribution in [2.45, 2.75) is 68.4 Å². The lowest BCUT2D eigenvalue weighted by atomic mass is 9.94. The number of hydrogen-bond acceptors (Lipinski definition) is 7. The molecule has 2 aromatic carbocycles. The number of benzene rings is 2. The van der Waals surface area contributed by atoms with Gasteiger partial charge in [-0.1, -0.05) is 44.2 Å². The smallest absolute Gasteiger partial charge is 0.407 e. The van der Waals surface area contributed by atoms with Crippen LogP contribution in [-0.2, 0) is 21.2 Å². The molecule has 1 aliphatic heterocycles. The predicted molar refractivity (Wildman–Crippen MR) is 146 cm³/mol. The average molecular weight is 562 g/mol. The summed E-state index contributed by atoms with van der Waals surface area (Å²) < 4.78 is 34.1. The molecule has 4 atom stereocenters. The van der Waals surface area contributed by atoms with Crippen molar-refractivity contribution >= 4 is 21.8 Å². The Kier molecular flexibility index (Phi) is 8.87. The molecule has 1 aliphatic carbocycles. The molecular weight excluding hydrogens is 522 g/mol. The average Bonchev–Trinajstić information content (AvgIpc) is 3.46. The maximum atomic E-state index is 13.6. The highest BCUT2D eigenvalue weighted by Crippen LogP contribution is 2.40. The number of anilines is 1. The molecule has 1 heterocycles. The van der Waals surface area contributed by atoms with E-state index in [-0.39, 0.29) is 35.8 Å². The number of hydrogen-bond donors (Lipinski definition) is 4. The molecule has 0 unspecified atom stereocenters. The topological polar surface area (TPSA) is 154 Å². The molecule has 0 radical (unpaired) electrons. The number of fused-ring (bicyclic) bond motifs is 1. The van der Waals surface area contributed by atoms with Crippen molar-refractivity contribution in [3.8, 4) is 0 Å². The number of carbonyl (C=O) groups is 1. The first kappa shape index (κ1) is 29.3. The van der Waals surface area contributed by atoms with Crippen LogP contribution in [0.25, 0.3) is 0 Å². The van der Waals surface area contributed by atoms with Crippen LogP contribution < -0.4 is 5.73 Å². The van der Waals surface area contributed by atoms with E-state index in [2.05, 4.69) is 0 Å². The molecule has 5 N–H and O–H groups in total. The van der Waals surface area contributed by atoms with Crippen molar-refractivity contribution < 1.29 is 33.3 Å². The van der Waals surface area contributed by atoms with E-state index in [0.29, 0.717) is 30.7 Å². The monoisotopic (exact) mass is 561 g/mol. The van der Waals surface area contributed by atoms with Crippen LogP contribution in [0.1, 0.15) is 38.7 Å². The quantitative estimate of drug-likeness (QED) is 0.241. The number of aliphatic hydroxyl groups is 2. The fourth-order valence-electron chi connectivity index (χ4n) is 5.84. The van der Waals surface area contributed by atoms with E-state index in [4.69, 9.17) is 10.5 Å². The number of sulfonamides is 1. The minimum atomic E-state index is -4.16. The first-order valence-electron chi connectivity index (χ1n) is 13.4. The molecule has 214 valence electrons. The standard InChI is InChI=1S/C28H39N3O7S/c1-19(2)17-30(39(36,37)24-10-8-22(29)9-11-24)18-28(34,35)26(14-20-6-4-3-5-7-20)31(27(32)33)23-15-21-12-13-38-25(21)16-23/h3-11,19,21,23,25-26,34-35H,12-18,29H2,1-2H3,(H,32,33)/t21-,23+,25+,26-/m0/s1. The maximum Gasteiger partial charge on any atom is 0.407 e. The maximum absolute atomic E-state index is 13.6. The fourth-order valence-corrected chi connectivity index (χ4v) is 7.47. The molecule has 0 aromatic heterocycles. The van der Waals surface area contributed by atoms with Gasteiger partial charge in [-0.05, 0) is 67.3 Å². The highest BCUT2D eigenvalue weighted by molar-refractivity contribution is 7.89. The van der Waals surface area contributed by atoms with E-state index >= 15 is 0 Å². The Morgan fingerprint density at radius 3 is 2.36 bits per heavy atom. The molecule has 1 amide bonds. The Morgan fingerprint density at radius 2 is 1.77 bits per heavy atom. The number of nitrogen functional groups attached to an aromatic ring is 1. The van der Waals surface area contributed by atoms with Crippen molar-refractivity contribution in [1.29, 1.82) is 0 Å². The van der Waals surface area contributed by atoms with Crippen LogP contribution in [0.3, 0.4) is 0 Å². The number of ether oxygens (including phenoxy) is 1. The Bertz CT molecular complexity index is 1210. The minimum Gasteiger partial charge on any atom is -0.465 e. The van der Waals surface area contributed by atoms with Crippen LogP contribution >= 0.6 is 0 Å². The third kappa shape index (κ3) is 6.72. The van der Waals surface area contributed by atoms with Gasteiger partial charge in [-0.2, -0.15) is 4.31 Å². The predicted octanol–water partition coefficient (Wildman–Crippen LogP) is 2.76. The van der Waals surface area contributed by atoms with Crippen LogP contribution in [0, 0.1) is 11.8 Å². The summed E-state index contributed by atoms with van der Waals surface area (Å²) in [5, 5.41) is 33.7. The van der Waals surface area contributed by atoms with Gasteiger partial charge in [0.15, 0.2) is 5.79 Å². The van der Waals surface area contributed by atoms with Gasteiger partial charge >= 0.3 is 6.09 Å². The first-order chi connectivity index (χ1) is 18.4. The van der Waals surface area contributed by atoms with Crippen LogP contribution in [0.15, 0.2) is 59.5 Å². The third-order valence-corrected chi connectivity index (χ3v) is 9.50. The second-order valence-corrected chi connectivity index (χ2v) is 13.1. The molecular formula is C28H39N3O7S. The second kappa shape index (κ2) is 11.8. The summed E-state index contributed by atoms with van der Waals surface area (Å²) in [4.78, 5) is 13.8. The highest BCUT2D eigenvalue weighted by atomic mass is 32.2. The molecule has 11 heteroatoms. The van der Waals surface area contributed by atoms with Crippen molar-refractivity contribution in [3.05, 3.63) is 60.2 Å². The van der Waals surface area contributed by atoms with E-state index in [9.17, 15) is 28.5 Å². The molecule has 1 saturated carbocycles. The van der Waals surface area contributed by atoms with E-state index in [1.54, 1.807) is 24.3 Å². The second-order valence-electron chi connectivity index (χ2n) is 11.1. The van der Waals surface area contributed by atoms with Gasteiger partial charge in [0.05, 0.1) is 23.6 Å². The minimum absolute atomic E-state index is 0.00211. The van der Waals surface area contributed by atoms with Crippen molar-refractivity contribution in [2.24, 2.45) is 11.8 Å². The molecule has 4 rings (SSSR count). The Hall–Kier alpha value is -2.70. The van der Waals surface area contributed by atoms with Crippen molar-refractivity contribution in [1.82, 2.24) is 9.21 Å². The van der Waals surface area contributed by atoms with E-state index in [0.717, 1.165) is 15.6 Å². The molecule has 1 saturated heterocycles. The Balaban J connectivity index is 1.70.